The number of hydrogen-bond donors (Lipinski definition) is 0. The monoisotopic (exact) mass is 369 g/mol. The molecule has 2 aromatic rings. The highest BCUT2D eigenvalue weighted by atomic mass is 16.5. The number of ether oxygens (including phenoxy) is 2. The van der Waals surface area contributed by atoms with E-state index in [1.165, 1.54) is 6.42 Å². The number of likely N-dealkylation sites (tertiary alicyclic amines) is 1. The molecule has 1 aliphatic heterocycles. The fourth-order valence-corrected chi connectivity index (χ4v) is 4.36. The van der Waals surface area contributed by atoms with Gasteiger partial charge in [-0.2, -0.15) is 5.10 Å². The van der Waals surface area contributed by atoms with Crippen LogP contribution in [0.25, 0.3) is 0 Å². The molecular formula is C21H27N3O3. The summed E-state index contributed by atoms with van der Waals surface area (Å²) in [6.07, 6.45) is 6.90. The second kappa shape index (κ2) is 7.25. The number of carbonyl (C=O) groups excluding carboxylic acids is 1. The summed E-state index contributed by atoms with van der Waals surface area (Å²) in [6, 6.07) is 8.29. The van der Waals surface area contributed by atoms with E-state index in [1.54, 1.807) is 13.3 Å². The number of fused-ring (bicyclic) bond motifs is 2. The van der Waals surface area contributed by atoms with Crippen LogP contribution in [0.1, 0.15) is 49.5 Å². The van der Waals surface area contributed by atoms with Gasteiger partial charge in [0.2, 0.25) is 0 Å². The van der Waals surface area contributed by atoms with Gasteiger partial charge in [0.25, 0.3) is 5.91 Å². The summed E-state index contributed by atoms with van der Waals surface area (Å²) in [7, 11) is 1.65. The van der Waals surface area contributed by atoms with Gasteiger partial charge in [-0.05, 0) is 63.3 Å². The van der Waals surface area contributed by atoms with Gasteiger partial charge in [0.15, 0.2) is 0 Å². The van der Waals surface area contributed by atoms with Crippen LogP contribution in [0.3, 0.4) is 0 Å². The first-order valence-corrected chi connectivity index (χ1v) is 9.70. The molecule has 1 aromatic heterocycles. The van der Waals surface area contributed by atoms with Crippen LogP contribution >= 0.6 is 0 Å². The summed E-state index contributed by atoms with van der Waals surface area (Å²) < 4.78 is 13.1. The second-order valence-corrected chi connectivity index (χ2v) is 7.80. The smallest absolute Gasteiger partial charge is 0.257 e. The van der Waals surface area contributed by atoms with E-state index in [-0.39, 0.29) is 18.0 Å². The van der Waals surface area contributed by atoms with Crippen molar-refractivity contribution in [1.82, 2.24) is 14.7 Å². The van der Waals surface area contributed by atoms with E-state index in [1.807, 2.05) is 35.1 Å². The molecule has 27 heavy (non-hydrogen) atoms. The van der Waals surface area contributed by atoms with Crippen molar-refractivity contribution in [3.8, 4) is 11.5 Å². The molecule has 6 nitrogen and oxygen atoms in total. The van der Waals surface area contributed by atoms with Crippen molar-refractivity contribution in [3.05, 3.63) is 42.2 Å². The van der Waals surface area contributed by atoms with Crippen molar-refractivity contribution in [2.24, 2.45) is 5.92 Å². The van der Waals surface area contributed by atoms with E-state index >= 15 is 0 Å². The molecule has 3 atom stereocenters. The first kappa shape index (κ1) is 17.9. The molecule has 4 rings (SSSR count). The fourth-order valence-electron chi connectivity index (χ4n) is 4.36. The first-order valence-electron chi connectivity index (χ1n) is 9.70. The molecule has 6 heteroatoms. The van der Waals surface area contributed by atoms with Gasteiger partial charge < -0.3 is 14.4 Å². The summed E-state index contributed by atoms with van der Waals surface area (Å²) in [6.45, 7) is 4.65. The van der Waals surface area contributed by atoms with Crippen molar-refractivity contribution < 1.29 is 14.3 Å². The average Bonchev–Trinajstić information content (AvgIpc) is 3.41. The maximum absolute atomic E-state index is 13.2. The molecule has 1 aromatic carbocycles. The number of rotatable bonds is 6. The normalized spacial score (nSPS) is 23.9. The van der Waals surface area contributed by atoms with E-state index in [0.29, 0.717) is 24.1 Å². The lowest BCUT2D eigenvalue weighted by Gasteiger charge is -2.35. The zero-order valence-electron chi connectivity index (χ0n) is 16.2. The molecule has 0 unspecified atom stereocenters. The Hall–Kier alpha value is -2.50. The molecular weight excluding hydrogens is 342 g/mol. The lowest BCUT2D eigenvalue weighted by Crippen LogP contribution is -2.47. The molecule has 1 saturated carbocycles. The Morgan fingerprint density at radius 2 is 1.96 bits per heavy atom. The summed E-state index contributed by atoms with van der Waals surface area (Å²) >= 11 is 0. The molecule has 0 radical (unpaired) electrons. The molecule has 0 N–H and O–H groups in total. The maximum Gasteiger partial charge on any atom is 0.257 e. The summed E-state index contributed by atoms with van der Waals surface area (Å²) in [5.74, 6) is 2.22. The van der Waals surface area contributed by atoms with E-state index in [4.69, 9.17) is 9.47 Å². The van der Waals surface area contributed by atoms with E-state index in [2.05, 4.69) is 23.8 Å². The minimum Gasteiger partial charge on any atom is -0.497 e. The Bertz CT molecular complexity index is 799. The molecule has 0 spiro atoms. The Morgan fingerprint density at radius 3 is 2.63 bits per heavy atom. The number of nitrogens with zero attached hydrogens (tertiary/aromatic N) is 3. The zero-order valence-corrected chi connectivity index (χ0v) is 16.2. The average molecular weight is 369 g/mol. The Morgan fingerprint density at radius 1 is 1.22 bits per heavy atom. The zero-order chi connectivity index (χ0) is 19.0. The summed E-state index contributed by atoms with van der Waals surface area (Å²) in [4.78, 5) is 15.2. The largest absolute Gasteiger partial charge is 0.497 e. The fraction of sp³-hybridized carbons (Fsp3) is 0.524. The van der Waals surface area contributed by atoms with Crippen molar-refractivity contribution in [2.75, 3.05) is 13.7 Å². The van der Waals surface area contributed by atoms with Gasteiger partial charge in [-0.25, -0.2) is 0 Å². The van der Waals surface area contributed by atoms with Crippen LogP contribution in [-0.4, -0.2) is 46.4 Å². The third-order valence-corrected chi connectivity index (χ3v) is 5.83. The van der Waals surface area contributed by atoms with Crippen molar-refractivity contribution in [3.63, 3.8) is 0 Å². The van der Waals surface area contributed by atoms with Gasteiger partial charge in [0.1, 0.15) is 18.1 Å². The molecule has 2 heterocycles. The predicted octanol–water partition coefficient (Wildman–Crippen LogP) is 3.54. The van der Waals surface area contributed by atoms with Crippen LogP contribution < -0.4 is 9.47 Å². The number of benzene rings is 1. The molecule has 1 saturated heterocycles. The third kappa shape index (κ3) is 3.40. The van der Waals surface area contributed by atoms with Gasteiger partial charge in [-0.1, -0.05) is 0 Å². The van der Waals surface area contributed by atoms with Crippen molar-refractivity contribution in [1.29, 1.82) is 0 Å². The highest BCUT2D eigenvalue weighted by molar-refractivity contribution is 5.94. The van der Waals surface area contributed by atoms with Crippen LogP contribution in [-0.2, 0) is 0 Å². The van der Waals surface area contributed by atoms with E-state index in [9.17, 15) is 4.79 Å². The van der Waals surface area contributed by atoms with Crippen LogP contribution in [0.5, 0.6) is 11.5 Å². The summed E-state index contributed by atoms with van der Waals surface area (Å²) in [5, 5.41) is 4.33. The molecule has 144 valence electrons. The summed E-state index contributed by atoms with van der Waals surface area (Å²) in [5.41, 5.74) is 0.672. The van der Waals surface area contributed by atoms with Gasteiger partial charge in [-0.15, -0.1) is 0 Å². The van der Waals surface area contributed by atoms with Gasteiger partial charge >= 0.3 is 0 Å². The molecule has 1 amide bonds. The van der Waals surface area contributed by atoms with Crippen molar-refractivity contribution >= 4 is 5.91 Å². The number of methoxy groups -OCH3 is 1. The van der Waals surface area contributed by atoms with E-state index in [0.717, 1.165) is 24.3 Å². The van der Waals surface area contributed by atoms with Gasteiger partial charge in [0, 0.05) is 18.3 Å². The Balaban J connectivity index is 1.47. The molecule has 1 aliphatic carbocycles. The molecule has 2 fully saturated rings. The SMILES string of the molecule is COc1ccc(OC[C@H]2[C@@H]3CC[C@H](C3)N2C(=O)c2cnn(C(C)C)c2)cc1. The minimum atomic E-state index is 0.0810. The van der Waals surface area contributed by atoms with Crippen LogP contribution in [0, 0.1) is 5.92 Å². The van der Waals surface area contributed by atoms with Gasteiger partial charge in [-0.3, -0.25) is 9.48 Å². The Labute approximate surface area is 160 Å². The molecule has 2 bridgehead atoms. The van der Waals surface area contributed by atoms with Crippen LogP contribution in [0.4, 0.5) is 0 Å². The third-order valence-electron chi connectivity index (χ3n) is 5.83. The lowest BCUT2D eigenvalue weighted by molar-refractivity contribution is 0.0505. The molecule has 2 aliphatic rings. The highest BCUT2D eigenvalue weighted by Crippen LogP contribution is 2.43. The van der Waals surface area contributed by atoms with Crippen LogP contribution in [0.15, 0.2) is 36.7 Å². The van der Waals surface area contributed by atoms with Crippen molar-refractivity contribution in [2.45, 2.75) is 51.2 Å². The number of aromatic nitrogens is 2. The maximum atomic E-state index is 13.2. The number of amides is 1. The lowest BCUT2D eigenvalue weighted by atomic mass is 9.99. The number of piperidine rings is 1. The number of hydrogen-bond acceptors (Lipinski definition) is 4. The standard InChI is InChI=1S/C21H27N3O3/c1-14(2)23-12-16(11-22-23)21(25)24-17-5-4-15(10-17)20(24)13-27-19-8-6-18(26-3)7-9-19/h6-9,11-12,14-15,17,20H,4-5,10,13H2,1-3H3/t15-,17-,20+/m1/s1. The van der Waals surface area contributed by atoms with Gasteiger partial charge in [0.05, 0.1) is 24.9 Å². The quantitative estimate of drug-likeness (QED) is 0.781. The van der Waals surface area contributed by atoms with E-state index < -0.39 is 0 Å². The highest BCUT2D eigenvalue weighted by Gasteiger charge is 2.48. The minimum absolute atomic E-state index is 0.0810. The first-order chi connectivity index (χ1) is 13.1. The predicted molar refractivity (Wildman–Crippen MR) is 102 cm³/mol. The van der Waals surface area contributed by atoms with Crippen LogP contribution in [0.2, 0.25) is 0 Å². The number of carbonyl (C=O) groups is 1. The Kier molecular flexibility index (Phi) is 4.81. The topological polar surface area (TPSA) is 56.6 Å². The second-order valence-electron chi connectivity index (χ2n) is 7.80.